The van der Waals surface area contributed by atoms with E-state index in [1.54, 1.807) is 6.07 Å². The first kappa shape index (κ1) is 17.0. The maximum absolute atomic E-state index is 12.2. The van der Waals surface area contributed by atoms with Crippen molar-refractivity contribution in [2.45, 2.75) is 19.9 Å². The number of aromatic amines is 1. The highest BCUT2D eigenvalue weighted by atomic mass is 35.5. The number of H-pyrrole nitrogens is 1. The van der Waals surface area contributed by atoms with E-state index in [2.05, 4.69) is 31.1 Å². The standard InChI is InChI=1S/C17H19ClN6O/c1-3-19-16-14-12(23-24-16)9-13(21-15(14)18)22-17(25)20-10(2)11-7-5-4-6-8-11/h4-10H,3H2,1-2H3,(H2,19,23,24)(H2,20,21,22,25). The molecule has 0 bridgehead atoms. The number of urea groups is 1. The summed E-state index contributed by atoms with van der Waals surface area (Å²) < 4.78 is 0. The number of carbonyl (C=O) groups is 1. The van der Waals surface area contributed by atoms with E-state index >= 15 is 0 Å². The van der Waals surface area contributed by atoms with E-state index in [0.717, 1.165) is 12.1 Å². The second kappa shape index (κ2) is 7.40. The molecule has 0 fully saturated rings. The number of nitrogens with one attached hydrogen (secondary N) is 4. The van der Waals surface area contributed by atoms with Gasteiger partial charge in [0.15, 0.2) is 5.82 Å². The second-order valence-corrected chi connectivity index (χ2v) is 5.91. The second-order valence-electron chi connectivity index (χ2n) is 5.55. The number of anilines is 2. The third-order valence-electron chi connectivity index (χ3n) is 3.73. The quantitative estimate of drug-likeness (QED) is 0.520. The largest absolute Gasteiger partial charge is 0.368 e. The molecule has 1 atom stereocenters. The van der Waals surface area contributed by atoms with E-state index in [4.69, 9.17) is 11.6 Å². The van der Waals surface area contributed by atoms with Crippen LogP contribution in [0.3, 0.4) is 0 Å². The first-order chi connectivity index (χ1) is 12.1. The molecule has 130 valence electrons. The van der Waals surface area contributed by atoms with Crippen LogP contribution in [0.1, 0.15) is 25.5 Å². The monoisotopic (exact) mass is 358 g/mol. The molecule has 2 aromatic heterocycles. The number of halogens is 1. The Bertz CT molecular complexity index is 879. The topological polar surface area (TPSA) is 94.7 Å². The molecule has 0 radical (unpaired) electrons. The summed E-state index contributed by atoms with van der Waals surface area (Å²) in [6.07, 6.45) is 0. The molecule has 0 spiro atoms. The molecule has 8 heteroatoms. The number of benzene rings is 1. The van der Waals surface area contributed by atoms with Gasteiger partial charge >= 0.3 is 6.03 Å². The van der Waals surface area contributed by atoms with Crippen molar-refractivity contribution in [3.8, 4) is 0 Å². The summed E-state index contributed by atoms with van der Waals surface area (Å²) in [6, 6.07) is 10.9. The van der Waals surface area contributed by atoms with Crippen LogP contribution in [0.15, 0.2) is 36.4 Å². The number of nitrogens with zero attached hydrogens (tertiary/aromatic N) is 2. The molecular formula is C17H19ClN6O. The van der Waals surface area contributed by atoms with Crippen LogP contribution < -0.4 is 16.0 Å². The molecule has 7 nitrogen and oxygen atoms in total. The van der Waals surface area contributed by atoms with Gasteiger partial charge in [0.05, 0.1) is 16.9 Å². The number of amides is 2. The van der Waals surface area contributed by atoms with Crippen molar-refractivity contribution in [1.82, 2.24) is 20.5 Å². The summed E-state index contributed by atoms with van der Waals surface area (Å²) in [7, 11) is 0. The Hall–Kier alpha value is -2.80. The van der Waals surface area contributed by atoms with Gasteiger partial charge in [-0.05, 0) is 19.4 Å². The van der Waals surface area contributed by atoms with Crippen molar-refractivity contribution in [3.63, 3.8) is 0 Å². The molecule has 0 saturated carbocycles. The van der Waals surface area contributed by atoms with Crippen LogP contribution in [-0.2, 0) is 0 Å². The van der Waals surface area contributed by atoms with E-state index in [1.165, 1.54) is 0 Å². The number of fused-ring (bicyclic) bond motifs is 1. The van der Waals surface area contributed by atoms with Crippen LogP contribution in [0.25, 0.3) is 10.9 Å². The average molecular weight is 359 g/mol. The Balaban J connectivity index is 1.73. The summed E-state index contributed by atoms with van der Waals surface area (Å²) in [5, 5.41) is 16.7. The lowest BCUT2D eigenvalue weighted by Crippen LogP contribution is -2.31. The van der Waals surface area contributed by atoms with Crippen LogP contribution in [0.4, 0.5) is 16.4 Å². The average Bonchev–Trinajstić information content (AvgIpc) is 2.99. The fourth-order valence-corrected chi connectivity index (χ4v) is 2.82. The lowest BCUT2D eigenvalue weighted by molar-refractivity contribution is 0.249. The minimum absolute atomic E-state index is 0.132. The van der Waals surface area contributed by atoms with Gasteiger partial charge in [0, 0.05) is 12.6 Å². The molecule has 25 heavy (non-hydrogen) atoms. The zero-order chi connectivity index (χ0) is 17.8. The fourth-order valence-electron chi connectivity index (χ4n) is 2.53. The summed E-state index contributed by atoms with van der Waals surface area (Å²) in [5.74, 6) is 0.991. The number of hydrogen-bond donors (Lipinski definition) is 4. The first-order valence-corrected chi connectivity index (χ1v) is 8.37. The zero-order valence-electron chi connectivity index (χ0n) is 13.9. The van der Waals surface area contributed by atoms with Crippen LogP contribution in [0.5, 0.6) is 0 Å². The number of rotatable bonds is 5. The van der Waals surface area contributed by atoms with Gasteiger partial charge in [0.25, 0.3) is 0 Å². The third-order valence-corrected chi connectivity index (χ3v) is 4.01. The normalized spacial score (nSPS) is 12.0. The number of aromatic nitrogens is 3. The molecule has 3 rings (SSSR count). The summed E-state index contributed by atoms with van der Waals surface area (Å²) in [6.45, 7) is 4.60. The van der Waals surface area contributed by atoms with Crippen LogP contribution in [0, 0.1) is 0 Å². The molecule has 0 saturated heterocycles. The van der Waals surface area contributed by atoms with Crippen LogP contribution in [-0.4, -0.2) is 27.8 Å². The van der Waals surface area contributed by atoms with Crippen LogP contribution in [0.2, 0.25) is 5.15 Å². The molecular weight excluding hydrogens is 340 g/mol. The lowest BCUT2D eigenvalue weighted by Gasteiger charge is -2.14. The number of hydrogen-bond acceptors (Lipinski definition) is 4. The fraction of sp³-hybridized carbons (Fsp3) is 0.235. The molecule has 3 aromatic rings. The summed E-state index contributed by atoms with van der Waals surface area (Å²) in [4.78, 5) is 16.4. The Morgan fingerprint density at radius 1 is 1.32 bits per heavy atom. The van der Waals surface area contributed by atoms with E-state index in [1.807, 2.05) is 44.2 Å². The Labute approximate surface area is 150 Å². The van der Waals surface area contributed by atoms with Gasteiger partial charge in [-0.25, -0.2) is 9.78 Å². The van der Waals surface area contributed by atoms with Gasteiger partial charge < -0.3 is 10.6 Å². The highest BCUT2D eigenvalue weighted by molar-refractivity contribution is 6.35. The first-order valence-electron chi connectivity index (χ1n) is 7.99. The minimum atomic E-state index is -0.356. The molecule has 0 aliphatic carbocycles. The Morgan fingerprint density at radius 3 is 2.80 bits per heavy atom. The maximum Gasteiger partial charge on any atom is 0.320 e. The molecule has 2 amide bonds. The van der Waals surface area contributed by atoms with Gasteiger partial charge in [-0.3, -0.25) is 10.4 Å². The molecule has 4 N–H and O–H groups in total. The third kappa shape index (κ3) is 3.83. The predicted octanol–water partition coefficient (Wildman–Crippen LogP) is 3.93. The van der Waals surface area contributed by atoms with Crippen molar-refractivity contribution in [3.05, 3.63) is 47.1 Å². The summed E-state index contributed by atoms with van der Waals surface area (Å²) >= 11 is 6.25. The lowest BCUT2D eigenvalue weighted by atomic mass is 10.1. The SMILES string of the molecule is CCNc1n[nH]c2cc(NC(=O)NC(C)c3ccccc3)nc(Cl)c12. The zero-order valence-corrected chi connectivity index (χ0v) is 14.7. The smallest absolute Gasteiger partial charge is 0.320 e. The van der Waals surface area contributed by atoms with Crippen molar-refractivity contribution >= 4 is 40.2 Å². The van der Waals surface area contributed by atoms with Crippen molar-refractivity contribution < 1.29 is 4.79 Å². The Morgan fingerprint density at radius 2 is 2.08 bits per heavy atom. The van der Waals surface area contributed by atoms with E-state index in [9.17, 15) is 4.79 Å². The molecule has 2 heterocycles. The molecule has 1 aromatic carbocycles. The highest BCUT2D eigenvalue weighted by Gasteiger charge is 2.14. The van der Waals surface area contributed by atoms with Gasteiger partial charge in [-0.1, -0.05) is 41.9 Å². The number of carbonyl (C=O) groups excluding carboxylic acids is 1. The Kier molecular flexibility index (Phi) is 5.04. The molecule has 0 aliphatic rings. The molecule has 0 aliphatic heterocycles. The van der Waals surface area contributed by atoms with Gasteiger partial charge in [-0.15, -0.1) is 0 Å². The maximum atomic E-state index is 12.2. The van der Waals surface area contributed by atoms with E-state index in [-0.39, 0.29) is 17.2 Å². The minimum Gasteiger partial charge on any atom is -0.368 e. The van der Waals surface area contributed by atoms with Gasteiger partial charge in [-0.2, -0.15) is 5.10 Å². The molecule has 1 unspecified atom stereocenters. The van der Waals surface area contributed by atoms with Gasteiger partial charge in [0.2, 0.25) is 0 Å². The highest BCUT2D eigenvalue weighted by Crippen LogP contribution is 2.29. The van der Waals surface area contributed by atoms with Gasteiger partial charge in [0.1, 0.15) is 11.0 Å². The van der Waals surface area contributed by atoms with Crippen molar-refractivity contribution in [1.29, 1.82) is 0 Å². The number of pyridine rings is 1. The summed E-state index contributed by atoms with van der Waals surface area (Å²) in [5.41, 5.74) is 1.71. The van der Waals surface area contributed by atoms with Crippen molar-refractivity contribution in [2.75, 3.05) is 17.2 Å². The van der Waals surface area contributed by atoms with Crippen LogP contribution >= 0.6 is 11.6 Å². The predicted molar refractivity (Wildman–Crippen MR) is 100 cm³/mol. The van der Waals surface area contributed by atoms with E-state index < -0.39 is 0 Å². The van der Waals surface area contributed by atoms with E-state index in [0.29, 0.717) is 22.5 Å². The van der Waals surface area contributed by atoms with Crippen molar-refractivity contribution in [2.24, 2.45) is 0 Å².